The van der Waals surface area contributed by atoms with Crippen LogP contribution in [0.3, 0.4) is 0 Å². The lowest BCUT2D eigenvalue weighted by Crippen LogP contribution is -2.42. The Kier molecular flexibility index (Phi) is 7.39. The molecule has 0 saturated carbocycles. The quantitative estimate of drug-likeness (QED) is 0.698. The van der Waals surface area contributed by atoms with Crippen LogP contribution >= 0.6 is 11.6 Å². The highest BCUT2D eigenvalue weighted by Crippen LogP contribution is 2.29. The molecule has 0 bridgehead atoms. The van der Waals surface area contributed by atoms with Crippen LogP contribution in [0.1, 0.15) is 52.9 Å². The fourth-order valence-electron chi connectivity index (χ4n) is 4.40. The monoisotopic (exact) mass is 494 g/mol. The molecule has 3 heterocycles. The van der Waals surface area contributed by atoms with Crippen LogP contribution in [0, 0.1) is 18.3 Å². The van der Waals surface area contributed by atoms with Crippen molar-refractivity contribution in [1.82, 2.24) is 9.47 Å². The number of halogens is 1. The van der Waals surface area contributed by atoms with Gasteiger partial charge in [0.05, 0.1) is 0 Å². The van der Waals surface area contributed by atoms with Crippen molar-refractivity contribution in [2.75, 3.05) is 25.0 Å². The van der Waals surface area contributed by atoms with Crippen LogP contribution in [0.15, 0.2) is 34.6 Å². The molecule has 4 rings (SSSR count). The average Bonchev–Trinajstić information content (AvgIpc) is 3.38. The molecular weight excluding hydrogens is 468 g/mol. The molecule has 1 aromatic heterocycles. The summed E-state index contributed by atoms with van der Waals surface area (Å²) in [7, 11) is 1.48. The Morgan fingerprint density at radius 3 is 2.63 bits per heavy atom. The van der Waals surface area contributed by atoms with Crippen LogP contribution in [0.5, 0.6) is 0 Å². The van der Waals surface area contributed by atoms with Gasteiger partial charge in [-0.25, -0.2) is 0 Å². The van der Waals surface area contributed by atoms with Crippen LogP contribution in [0.2, 0.25) is 5.02 Å². The lowest BCUT2D eigenvalue weighted by Gasteiger charge is -2.30. The normalized spacial score (nSPS) is 17.7. The highest BCUT2D eigenvalue weighted by Gasteiger charge is 2.29. The molecule has 0 spiro atoms. The fourth-order valence-corrected chi connectivity index (χ4v) is 4.63. The molecule has 1 atom stereocenters. The highest BCUT2D eigenvalue weighted by molar-refractivity contribution is 6.31. The maximum atomic E-state index is 12.8. The summed E-state index contributed by atoms with van der Waals surface area (Å²) in [6.45, 7) is 3.84. The number of amides is 2. The summed E-state index contributed by atoms with van der Waals surface area (Å²) >= 11 is 6.36. The molecule has 8 nitrogen and oxygen atoms in total. The van der Waals surface area contributed by atoms with E-state index in [0.717, 1.165) is 36.8 Å². The van der Waals surface area contributed by atoms with Crippen LogP contribution in [0.25, 0.3) is 6.08 Å². The second-order valence-electron chi connectivity index (χ2n) is 8.89. The molecule has 2 aromatic rings. The van der Waals surface area contributed by atoms with Gasteiger partial charge in [-0.15, -0.1) is 0 Å². The first-order valence-electron chi connectivity index (χ1n) is 11.6. The van der Waals surface area contributed by atoms with E-state index in [4.69, 9.17) is 16.3 Å². The molecule has 0 aliphatic carbocycles. The molecule has 1 N–H and O–H groups in total. The molecule has 0 radical (unpaired) electrons. The van der Waals surface area contributed by atoms with Gasteiger partial charge >= 0.3 is 0 Å². The van der Waals surface area contributed by atoms with Gasteiger partial charge < -0.3 is 19.5 Å². The van der Waals surface area contributed by atoms with Gasteiger partial charge in [0.1, 0.15) is 17.9 Å². The van der Waals surface area contributed by atoms with E-state index in [-0.39, 0.29) is 23.3 Å². The molecule has 2 saturated heterocycles. The number of hydrogen-bond acceptors (Lipinski definition) is 5. The minimum absolute atomic E-state index is 0.0841. The first-order chi connectivity index (χ1) is 16.8. The maximum absolute atomic E-state index is 12.8. The number of pyridine rings is 1. The van der Waals surface area contributed by atoms with Crippen molar-refractivity contribution < 1.29 is 14.3 Å². The van der Waals surface area contributed by atoms with Crippen LogP contribution < -0.4 is 10.9 Å². The largest absolute Gasteiger partial charge is 0.368 e. The number of piperidine rings is 1. The molecular formula is C26H27ClN4O4. The van der Waals surface area contributed by atoms with E-state index in [1.165, 1.54) is 29.3 Å². The van der Waals surface area contributed by atoms with Gasteiger partial charge in [0, 0.05) is 49.1 Å². The summed E-state index contributed by atoms with van der Waals surface area (Å²) in [5.41, 5.74) is 3.20. The van der Waals surface area contributed by atoms with Gasteiger partial charge in [0.2, 0.25) is 0 Å². The van der Waals surface area contributed by atoms with Crippen LogP contribution in [-0.4, -0.2) is 47.1 Å². The number of ether oxygens (including phenoxy) is 1. The van der Waals surface area contributed by atoms with Gasteiger partial charge in [0.15, 0.2) is 0 Å². The minimum atomic E-state index is -0.496. The number of nitriles is 1. The smallest absolute Gasteiger partial charge is 0.255 e. The molecule has 182 valence electrons. The van der Waals surface area contributed by atoms with E-state index < -0.39 is 11.5 Å². The summed E-state index contributed by atoms with van der Waals surface area (Å²) in [6, 6.07) is 8.00. The second kappa shape index (κ2) is 10.5. The van der Waals surface area contributed by atoms with Gasteiger partial charge in [0.25, 0.3) is 17.4 Å². The SMILES string of the molecule is Cc1c(C=C2CCN(C(=O)C3CCCO3)CC2)cc(Cl)cc1NC(=O)c1cc(C#N)n(C)c(=O)c1. The van der Waals surface area contributed by atoms with E-state index in [1.807, 2.05) is 24.0 Å². The van der Waals surface area contributed by atoms with E-state index in [2.05, 4.69) is 11.4 Å². The Labute approximate surface area is 208 Å². The first kappa shape index (κ1) is 24.7. The van der Waals surface area contributed by atoms with Gasteiger partial charge in [-0.3, -0.25) is 14.4 Å². The highest BCUT2D eigenvalue weighted by atomic mass is 35.5. The molecule has 35 heavy (non-hydrogen) atoms. The third kappa shape index (κ3) is 5.47. The third-order valence-electron chi connectivity index (χ3n) is 6.58. The van der Waals surface area contributed by atoms with Gasteiger partial charge in [-0.1, -0.05) is 23.3 Å². The summed E-state index contributed by atoms with van der Waals surface area (Å²) in [5.74, 6) is -0.412. The minimum Gasteiger partial charge on any atom is -0.368 e. The molecule has 9 heteroatoms. The van der Waals surface area contributed by atoms with Crippen molar-refractivity contribution in [2.24, 2.45) is 7.05 Å². The standard InChI is InChI=1S/C26H27ClN4O4/c1-16-18(10-17-5-7-31(8-6-17)26(34)23-4-3-9-35-23)11-20(27)14-22(16)29-25(33)19-12-21(15-28)30(2)24(32)13-19/h10-14,23H,3-9H2,1-2H3,(H,29,33). The number of hydrogen-bond donors (Lipinski definition) is 1. The average molecular weight is 495 g/mol. The number of anilines is 1. The van der Waals surface area contributed by atoms with Crippen molar-refractivity contribution in [2.45, 2.75) is 38.7 Å². The van der Waals surface area contributed by atoms with Crippen LogP contribution in [-0.2, 0) is 16.6 Å². The number of likely N-dealkylation sites (tertiary alicyclic amines) is 1. The Hall–Kier alpha value is -3.41. The fraction of sp³-hybridized carbons (Fsp3) is 0.385. The van der Waals surface area contributed by atoms with Gasteiger partial charge in [-0.05, 0) is 61.9 Å². The third-order valence-corrected chi connectivity index (χ3v) is 6.80. The lowest BCUT2D eigenvalue weighted by atomic mass is 9.97. The number of nitrogens with one attached hydrogen (secondary N) is 1. The Balaban J connectivity index is 1.50. The maximum Gasteiger partial charge on any atom is 0.255 e. The Morgan fingerprint density at radius 1 is 1.23 bits per heavy atom. The topological polar surface area (TPSA) is 104 Å². The second-order valence-corrected chi connectivity index (χ2v) is 9.33. The summed E-state index contributed by atoms with van der Waals surface area (Å²) in [5, 5.41) is 12.5. The first-order valence-corrected chi connectivity index (χ1v) is 12.0. The van der Waals surface area contributed by atoms with Crippen LogP contribution in [0.4, 0.5) is 5.69 Å². The molecule has 2 aliphatic heterocycles. The zero-order valence-electron chi connectivity index (χ0n) is 19.8. The van der Waals surface area contributed by atoms with E-state index in [9.17, 15) is 19.6 Å². The van der Waals surface area contributed by atoms with Crippen molar-refractivity contribution in [1.29, 1.82) is 5.26 Å². The lowest BCUT2D eigenvalue weighted by molar-refractivity contribution is -0.141. The number of carbonyl (C=O) groups is 2. The van der Waals surface area contributed by atoms with Gasteiger partial charge in [-0.2, -0.15) is 5.26 Å². The summed E-state index contributed by atoms with van der Waals surface area (Å²) < 4.78 is 6.72. The molecule has 1 aromatic carbocycles. The van der Waals surface area contributed by atoms with Crippen molar-refractivity contribution >= 4 is 35.2 Å². The van der Waals surface area contributed by atoms with Crippen molar-refractivity contribution in [3.05, 3.63) is 67.6 Å². The molecule has 2 aliphatic rings. The Morgan fingerprint density at radius 2 is 1.97 bits per heavy atom. The molecule has 1 unspecified atom stereocenters. The number of aromatic nitrogens is 1. The zero-order valence-corrected chi connectivity index (χ0v) is 20.5. The zero-order chi connectivity index (χ0) is 25.1. The van der Waals surface area contributed by atoms with E-state index in [0.29, 0.717) is 30.4 Å². The number of rotatable bonds is 4. The number of carbonyl (C=O) groups excluding carboxylic acids is 2. The predicted octanol–water partition coefficient (Wildman–Crippen LogP) is 3.66. The summed E-state index contributed by atoms with van der Waals surface area (Å²) in [6.07, 6.45) is 5.02. The molecule has 2 fully saturated rings. The Bertz CT molecular complexity index is 1290. The van der Waals surface area contributed by atoms with Crippen molar-refractivity contribution in [3.8, 4) is 6.07 Å². The van der Waals surface area contributed by atoms with E-state index in [1.54, 1.807) is 6.07 Å². The number of nitrogens with zero attached hydrogens (tertiary/aromatic N) is 3. The number of benzene rings is 1. The van der Waals surface area contributed by atoms with E-state index >= 15 is 0 Å². The molecule has 2 amide bonds. The predicted molar refractivity (Wildman–Crippen MR) is 133 cm³/mol. The van der Waals surface area contributed by atoms with Crippen molar-refractivity contribution in [3.63, 3.8) is 0 Å². The summed E-state index contributed by atoms with van der Waals surface area (Å²) in [4.78, 5) is 39.4.